The van der Waals surface area contributed by atoms with E-state index < -0.39 is 0 Å². The number of nitrogens with zero attached hydrogens (tertiary/aromatic N) is 1. The predicted molar refractivity (Wildman–Crippen MR) is 59.5 cm³/mol. The van der Waals surface area contributed by atoms with Gasteiger partial charge in [-0.15, -0.1) is 0 Å². The van der Waals surface area contributed by atoms with Crippen molar-refractivity contribution in [3.63, 3.8) is 0 Å². The van der Waals surface area contributed by atoms with Crippen LogP contribution >= 0.6 is 11.5 Å². The van der Waals surface area contributed by atoms with Crippen LogP contribution in [-0.2, 0) is 0 Å². The Morgan fingerprint density at radius 2 is 1.92 bits per heavy atom. The highest BCUT2D eigenvalue weighted by Gasteiger charge is 2.15. The maximum atomic E-state index is 4.30. The third-order valence-corrected chi connectivity index (χ3v) is 3.69. The maximum absolute atomic E-state index is 4.30. The highest BCUT2D eigenvalue weighted by molar-refractivity contribution is 7.06. The molecule has 0 aromatic carbocycles. The Hall–Kier alpha value is -0.370. The van der Waals surface area contributed by atoms with E-state index in [4.69, 9.17) is 0 Å². The summed E-state index contributed by atoms with van der Waals surface area (Å²) in [6.07, 6.45) is 4.53. The molecule has 0 saturated heterocycles. The van der Waals surface area contributed by atoms with E-state index in [9.17, 15) is 0 Å². The fourth-order valence-electron chi connectivity index (χ4n) is 1.73. The smallest absolute Gasteiger partial charge is 0.0444 e. The van der Waals surface area contributed by atoms with Crippen molar-refractivity contribution in [1.29, 1.82) is 0 Å². The molecule has 1 aromatic rings. The Morgan fingerprint density at radius 3 is 2.38 bits per heavy atom. The first kappa shape index (κ1) is 10.7. The first-order chi connectivity index (χ1) is 6.20. The largest absolute Gasteiger partial charge is 0.201 e. The zero-order valence-electron chi connectivity index (χ0n) is 9.00. The second-order valence-corrected chi connectivity index (χ2v) is 4.65. The third-order valence-electron chi connectivity index (χ3n) is 2.58. The van der Waals surface area contributed by atoms with Gasteiger partial charge in [0, 0.05) is 11.1 Å². The Balaban J connectivity index is 2.91. The highest BCUT2D eigenvalue weighted by Crippen LogP contribution is 2.32. The molecule has 1 nitrogen and oxygen atoms in total. The van der Waals surface area contributed by atoms with Crippen LogP contribution in [0.2, 0.25) is 0 Å². The molecule has 1 aromatic heterocycles. The molecule has 13 heavy (non-hydrogen) atoms. The lowest BCUT2D eigenvalue weighted by atomic mass is 9.92. The van der Waals surface area contributed by atoms with E-state index in [1.807, 2.05) is 0 Å². The molecule has 0 unspecified atom stereocenters. The van der Waals surface area contributed by atoms with E-state index in [0.29, 0.717) is 5.92 Å². The summed E-state index contributed by atoms with van der Waals surface area (Å²) in [5.41, 5.74) is 1.49. The SMILES string of the molecule is CCC(CC)c1cnsc1C(C)C. The first-order valence-electron chi connectivity index (χ1n) is 5.15. The van der Waals surface area contributed by atoms with E-state index in [1.165, 1.54) is 23.3 Å². The summed E-state index contributed by atoms with van der Waals surface area (Å²) in [4.78, 5) is 1.48. The van der Waals surface area contributed by atoms with Crippen molar-refractivity contribution >= 4 is 11.5 Å². The van der Waals surface area contributed by atoms with Gasteiger partial charge in [0.2, 0.25) is 0 Å². The van der Waals surface area contributed by atoms with Crippen LogP contribution in [-0.4, -0.2) is 4.37 Å². The lowest BCUT2D eigenvalue weighted by Crippen LogP contribution is -1.98. The molecular formula is C11H19NS. The lowest BCUT2D eigenvalue weighted by Gasteiger charge is -2.13. The molecule has 0 aliphatic rings. The average molecular weight is 197 g/mol. The van der Waals surface area contributed by atoms with Gasteiger partial charge in [0.1, 0.15) is 0 Å². The van der Waals surface area contributed by atoms with Crippen LogP contribution < -0.4 is 0 Å². The Bertz CT molecular complexity index is 248. The van der Waals surface area contributed by atoms with Crippen molar-refractivity contribution in [2.45, 2.75) is 52.4 Å². The molecule has 0 aliphatic heterocycles. The van der Waals surface area contributed by atoms with E-state index in [1.54, 1.807) is 11.5 Å². The van der Waals surface area contributed by atoms with Crippen molar-refractivity contribution in [2.75, 3.05) is 0 Å². The third kappa shape index (κ3) is 2.31. The van der Waals surface area contributed by atoms with Gasteiger partial charge < -0.3 is 0 Å². The second-order valence-electron chi connectivity index (χ2n) is 3.81. The molecule has 0 radical (unpaired) electrons. The Kier molecular flexibility index (Phi) is 3.91. The van der Waals surface area contributed by atoms with Crippen LogP contribution in [0.25, 0.3) is 0 Å². The van der Waals surface area contributed by atoms with Crippen LogP contribution in [0.4, 0.5) is 0 Å². The summed E-state index contributed by atoms with van der Waals surface area (Å²) in [6.45, 7) is 9.02. The fourth-order valence-corrected chi connectivity index (χ4v) is 2.55. The normalized spacial score (nSPS) is 11.5. The lowest BCUT2D eigenvalue weighted by molar-refractivity contribution is 0.632. The highest BCUT2D eigenvalue weighted by atomic mass is 32.1. The van der Waals surface area contributed by atoms with Gasteiger partial charge in [-0.05, 0) is 41.8 Å². The Labute approximate surface area is 85.4 Å². The molecule has 0 N–H and O–H groups in total. The molecule has 0 bridgehead atoms. The molecule has 74 valence electrons. The van der Waals surface area contributed by atoms with E-state index >= 15 is 0 Å². The van der Waals surface area contributed by atoms with Crippen LogP contribution in [0.15, 0.2) is 6.20 Å². The predicted octanol–water partition coefficient (Wildman–Crippen LogP) is 4.17. The first-order valence-corrected chi connectivity index (χ1v) is 5.92. The van der Waals surface area contributed by atoms with Crippen LogP contribution in [0.3, 0.4) is 0 Å². The molecule has 0 amide bonds. The van der Waals surface area contributed by atoms with Gasteiger partial charge in [0.15, 0.2) is 0 Å². The standard InChI is InChI=1S/C11H19NS/c1-5-9(6-2)10-7-12-13-11(10)8(3)4/h7-9H,5-6H2,1-4H3. The molecular weight excluding hydrogens is 178 g/mol. The van der Waals surface area contributed by atoms with Gasteiger partial charge in [0.05, 0.1) is 0 Å². The van der Waals surface area contributed by atoms with Crippen molar-refractivity contribution < 1.29 is 0 Å². The van der Waals surface area contributed by atoms with Crippen LogP contribution in [0, 0.1) is 0 Å². The molecule has 0 saturated carbocycles. The van der Waals surface area contributed by atoms with Gasteiger partial charge in [0.25, 0.3) is 0 Å². The topological polar surface area (TPSA) is 12.9 Å². The van der Waals surface area contributed by atoms with Gasteiger partial charge in [-0.1, -0.05) is 27.7 Å². The van der Waals surface area contributed by atoms with Crippen molar-refractivity contribution in [3.05, 3.63) is 16.6 Å². The molecule has 0 aliphatic carbocycles. The van der Waals surface area contributed by atoms with Gasteiger partial charge in [-0.3, -0.25) is 0 Å². The van der Waals surface area contributed by atoms with Crippen molar-refractivity contribution in [3.8, 4) is 0 Å². The minimum absolute atomic E-state index is 0.628. The quantitative estimate of drug-likeness (QED) is 0.706. The van der Waals surface area contributed by atoms with Crippen LogP contribution in [0.5, 0.6) is 0 Å². The number of hydrogen-bond donors (Lipinski definition) is 0. The maximum Gasteiger partial charge on any atom is 0.0444 e. The van der Waals surface area contributed by atoms with E-state index in [-0.39, 0.29) is 0 Å². The molecule has 0 spiro atoms. The van der Waals surface area contributed by atoms with Crippen molar-refractivity contribution in [2.24, 2.45) is 0 Å². The van der Waals surface area contributed by atoms with Gasteiger partial charge in [-0.25, -0.2) is 4.37 Å². The zero-order valence-corrected chi connectivity index (χ0v) is 9.82. The Morgan fingerprint density at radius 1 is 1.31 bits per heavy atom. The van der Waals surface area contributed by atoms with Gasteiger partial charge >= 0.3 is 0 Å². The minimum atomic E-state index is 0.628. The molecule has 0 atom stereocenters. The molecule has 2 heteroatoms. The van der Waals surface area contributed by atoms with Gasteiger partial charge in [-0.2, -0.15) is 0 Å². The fraction of sp³-hybridized carbons (Fsp3) is 0.727. The summed E-state index contributed by atoms with van der Waals surface area (Å²) in [6, 6.07) is 0. The number of hydrogen-bond acceptors (Lipinski definition) is 2. The summed E-state index contributed by atoms with van der Waals surface area (Å²) >= 11 is 1.67. The second kappa shape index (κ2) is 4.75. The average Bonchev–Trinajstić information content (AvgIpc) is 2.55. The molecule has 0 fully saturated rings. The molecule has 1 heterocycles. The van der Waals surface area contributed by atoms with E-state index in [2.05, 4.69) is 38.3 Å². The van der Waals surface area contributed by atoms with Crippen LogP contribution in [0.1, 0.15) is 62.8 Å². The summed E-state index contributed by atoms with van der Waals surface area (Å²) in [5.74, 6) is 1.35. The van der Waals surface area contributed by atoms with Crippen molar-refractivity contribution in [1.82, 2.24) is 4.37 Å². The summed E-state index contributed by atoms with van der Waals surface area (Å²) in [5, 5.41) is 0. The van der Waals surface area contributed by atoms with E-state index in [0.717, 1.165) is 5.92 Å². The molecule has 1 rings (SSSR count). The summed E-state index contributed by atoms with van der Waals surface area (Å²) in [7, 11) is 0. The summed E-state index contributed by atoms with van der Waals surface area (Å²) < 4.78 is 4.30. The number of rotatable bonds is 4. The zero-order chi connectivity index (χ0) is 9.84. The number of aromatic nitrogens is 1. The minimum Gasteiger partial charge on any atom is -0.201 e. The monoisotopic (exact) mass is 197 g/mol.